The summed E-state index contributed by atoms with van der Waals surface area (Å²) in [7, 11) is 0. The van der Waals surface area contributed by atoms with Crippen LogP contribution in [0.1, 0.15) is 48.5 Å². The number of alkyl halides is 1. The van der Waals surface area contributed by atoms with Crippen molar-refractivity contribution in [2.75, 3.05) is 6.61 Å². The van der Waals surface area contributed by atoms with Gasteiger partial charge in [-0.3, -0.25) is 33.6 Å². The Balaban J connectivity index is 2.77. The zero-order chi connectivity index (χ0) is 33.9. The summed E-state index contributed by atoms with van der Waals surface area (Å²) in [6, 6.07) is 0. The fourth-order valence-corrected chi connectivity index (χ4v) is 4.85. The first-order valence-electron chi connectivity index (χ1n) is 13.1. The van der Waals surface area contributed by atoms with E-state index in [-0.39, 0.29) is 0 Å². The van der Waals surface area contributed by atoms with Gasteiger partial charge in [-0.25, -0.2) is 4.39 Å². The molecule has 3 N–H and O–H groups in total. The minimum absolute atomic E-state index is 0.606. The number of carbonyl (C=O) groups is 7. The third-order valence-electron chi connectivity index (χ3n) is 6.90. The van der Waals surface area contributed by atoms with Crippen molar-refractivity contribution in [1.29, 1.82) is 0 Å². The van der Waals surface area contributed by atoms with Crippen LogP contribution >= 0.6 is 0 Å². The first-order valence-corrected chi connectivity index (χ1v) is 13.1. The molecule has 2 heterocycles. The summed E-state index contributed by atoms with van der Waals surface area (Å²) in [6.45, 7) is 5.16. The number of Topliss-reactive ketones (excluding diaryl/α,β-unsaturated/α-hetero) is 3. The van der Waals surface area contributed by atoms with Crippen LogP contribution in [0.2, 0.25) is 0 Å². The van der Waals surface area contributed by atoms with E-state index >= 15 is 4.39 Å². The maximum atomic E-state index is 15.7. The van der Waals surface area contributed by atoms with Crippen LogP contribution in [0.4, 0.5) is 4.39 Å². The minimum Gasteiger partial charge on any atom is -0.463 e. The minimum atomic E-state index is -3.69. The second-order valence-electron chi connectivity index (χ2n) is 10.2. The Bertz CT molecular complexity index is 1170. The molecule has 2 fully saturated rings. The molecule has 17 nitrogen and oxygen atoms in total. The van der Waals surface area contributed by atoms with Crippen LogP contribution in [0.25, 0.3) is 0 Å². The maximum absolute atomic E-state index is 15.7. The van der Waals surface area contributed by atoms with E-state index < -0.39 is 114 Å². The van der Waals surface area contributed by atoms with E-state index in [1.54, 1.807) is 0 Å². The van der Waals surface area contributed by atoms with Crippen molar-refractivity contribution in [3.8, 4) is 0 Å². The summed E-state index contributed by atoms with van der Waals surface area (Å²) in [5.74, 6) is -8.02. The highest BCUT2D eigenvalue weighted by Crippen LogP contribution is 2.44. The van der Waals surface area contributed by atoms with Gasteiger partial charge in [-0.2, -0.15) is 0 Å². The number of esters is 4. The van der Waals surface area contributed by atoms with Gasteiger partial charge in [0.05, 0.1) is 0 Å². The van der Waals surface area contributed by atoms with E-state index in [4.69, 9.17) is 33.2 Å². The number of ketones is 3. The molecule has 2 aliphatic rings. The average Bonchev–Trinajstić information content (AvgIpc) is 2.89. The Kier molecular flexibility index (Phi) is 11.8. The van der Waals surface area contributed by atoms with Gasteiger partial charge >= 0.3 is 23.9 Å². The van der Waals surface area contributed by atoms with Crippen LogP contribution in [0, 0.1) is 0 Å². The van der Waals surface area contributed by atoms with Crippen molar-refractivity contribution in [1.82, 2.24) is 0 Å². The molecule has 0 aromatic heterocycles. The molecule has 0 aliphatic carbocycles. The number of rotatable bonds is 11. The molecule has 0 spiro atoms. The zero-order valence-electron chi connectivity index (χ0n) is 24.8. The third kappa shape index (κ3) is 7.27. The summed E-state index contributed by atoms with van der Waals surface area (Å²) < 4.78 is 52.9. The zero-order valence-corrected chi connectivity index (χ0v) is 24.8. The highest BCUT2D eigenvalue weighted by Gasteiger charge is 2.73. The van der Waals surface area contributed by atoms with Gasteiger partial charge < -0.3 is 48.5 Å². The summed E-state index contributed by atoms with van der Waals surface area (Å²) in [6.07, 6.45) is -19.7. The SMILES string of the molecule is CC(=O)OC[C@H]1O[C@H](O[C@@H]2O[C@H](C(O)C(C)=O)[C@H](F)[C@@](O)(C(C)=O)[C@]2(O)C(C)=O)[C@H](OC(C)=O)[C@@H](OC(C)=O)[C@@H]1OC(C)=O. The van der Waals surface area contributed by atoms with Crippen LogP contribution in [-0.2, 0) is 66.7 Å². The van der Waals surface area contributed by atoms with Gasteiger partial charge in [-0.1, -0.05) is 0 Å². The summed E-state index contributed by atoms with van der Waals surface area (Å²) >= 11 is 0. The second kappa shape index (κ2) is 14.1. The molecule has 248 valence electrons. The maximum Gasteiger partial charge on any atom is 0.303 e. The predicted molar refractivity (Wildman–Crippen MR) is 135 cm³/mol. The van der Waals surface area contributed by atoms with Gasteiger partial charge in [0.1, 0.15) is 24.9 Å². The first kappa shape index (κ1) is 36.8. The Morgan fingerprint density at radius 3 is 1.64 bits per heavy atom. The number of halogens is 1. The summed E-state index contributed by atoms with van der Waals surface area (Å²) in [5, 5.41) is 33.1. The Morgan fingerprint density at radius 1 is 0.727 bits per heavy atom. The molecule has 0 bridgehead atoms. The molecule has 0 saturated carbocycles. The number of carbonyl (C=O) groups excluding carboxylic acids is 7. The van der Waals surface area contributed by atoms with Gasteiger partial charge in [0, 0.05) is 27.7 Å². The van der Waals surface area contributed by atoms with E-state index in [2.05, 4.69) is 0 Å². The van der Waals surface area contributed by atoms with Gasteiger partial charge in [0.25, 0.3) is 0 Å². The largest absolute Gasteiger partial charge is 0.463 e. The molecule has 2 rings (SSSR count). The molecule has 0 amide bonds. The topological polar surface area (TPSA) is 245 Å². The number of aliphatic hydroxyl groups excluding tert-OH is 1. The van der Waals surface area contributed by atoms with E-state index in [9.17, 15) is 48.9 Å². The van der Waals surface area contributed by atoms with E-state index in [0.29, 0.717) is 13.8 Å². The number of aliphatic hydroxyl groups is 3. The van der Waals surface area contributed by atoms with Gasteiger partial charge in [0.15, 0.2) is 47.4 Å². The number of hydrogen-bond donors (Lipinski definition) is 3. The van der Waals surface area contributed by atoms with Crippen molar-refractivity contribution in [2.24, 2.45) is 0 Å². The van der Waals surface area contributed by atoms with Gasteiger partial charge in [-0.05, 0) is 20.8 Å². The summed E-state index contributed by atoms with van der Waals surface area (Å²) in [5.41, 5.74) is -7.30. The van der Waals surface area contributed by atoms with Crippen molar-refractivity contribution < 1.29 is 86.4 Å². The van der Waals surface area contributed by atoms with Crippen LogP contribution < -0.4 is 0 Å². The lowest BCUT2D eigenvalue weighted by atomic mass is 9.69. The Morgan fingerprint density at radius 2 is 1.20 bits per heavy atom. The van der Waals surface area contributed by atoms with Crippen molar-refractivity contribution in [2.45, 2.75) is 115 Å². The fraction of sp³-hybridized carbons (Fsp3) is 0.731. The van der Waals surface area contributed by atoms with Crippen LogP contribution in [0.5, 0.6) is 0 Å². The first-order chi connectivity index (χ1) is 20.2. The Labute approximate surface area is 249 Å². The molecular weight excluding hydrogens is 603 g/mol. The second-order valence-corrected chi connectivity index (χ2v) is 10.2. The van der Waals surface area contributed by atoms with E-state index in [1.807, 2.05) is 0 Å². The molecule has 44 heavy (non-hydrogen) atoms. The normalized spacial score (nSPS) is 35.9. The monoisotopic (exact) mass is 638 g/mol. The fourth-order valence-electron chi connectivity index (χ4n) is 4.85. The van der Waals surface area contributed by atoms with E-state index in [0.717, 1.165) is 34.6 Å². The molecule has 2 saturated heterocycles. The summed E-state index contributed by atoms with van der Waals surface area (Å²) in [4.78, 5) is 85.0. The number of hydrogen-bond acceptors (Lipinski definition) is 17. The quantitative estimate of drug-likeness (QED) is 0.160. The highest BCUT2D eigenvalue weighted by atomic mass is 19.1. The van der Waals surface area contributed by atoms with Gasteiger partial charge in [-0.15, -0.1) is 0 Å². The molecule has 1 unspecified atom stereocenters. The lowest BCUT2D eigenvalue weighted by Crippen LogP contribution is -2.80. The predicted octanol–water partition coefficient (Wildman–Crippen LogP) is -2.26. The third-order valence-corrected chi connectivity index (χ3v) is 6.90. The van der Waals surface area contributed by atoms with E-state index in [1.165, 1.54) is 0 Å². The van der Waals surface area contributed by atoms with Crippen molar-refractivity contribution in [3.05, 3.63) is 0 Å². The molecule has 2 aliphatic heterocycles. The lowest BCUT2D eigenvalue weighted by Gasteiger charge is -2.53. The smallest absolute Gasteiger partial charge is 0.303 e. The van der Waals surface area contributed by atoms with Crippen LogP contribution in [-0.4, -0.2) is 130 Å². The Hall–Kier alpha value is -3.42. The molecular formula is C26H35FO17. The number of ether oxygens (including phenoxy) is 7. The van der Waals surface area contributed by atoms with Gasteiger partial charge in [0.2, 0.25) is 18.2 Å². The molecule has 0 radical (unpaired) electrons. The molecule has 0 aromatic carbocycles. The molecule has 11 atom stereocenters. The van der Waals surface area contributed by atoms with Crippen molar-refractivity contribution in [3.63, 3.8) is 0 Å². The standard InChI is InChI=1S/C26H35FO17/c1-9(28)17(35)19-22(27)25(36,10(2)29)26(37,11(3)30)24(43-19)44-23-21(41-15(7)34)20(40-14(6)33)18(39-13(5)32)16(42-23)8-38-12(4)31/h16-24,35-37H,8H2,1-7H3/t16-,17?,18-,19-,20+,21-,22+,23-,24+,25+,26+/m1/s1. The van der Waals surface area contributed by atoms with Crippen molar-refractivity contribution >= 4 is 41.2 Å². The average molecular weight is 639 g/mol. The molecule has 0 aromatic rings. The molecule has 18 heteroatoms. The highest BCUT2D eigenvalue weighted by molar-refractivity contribution is 5.98. The van der Waals surface area contributed by atoms with Crippen LogP contribution in [0.15, 0.2) is 0 Å². The van der Waals surface area contributed by atoms with Crippen LogP contribution in [0.3, 0.4) is 0 Å². The lowest BCUT2D eigenvalue weighted by molar-refractivity contribution is -0.397.